The Bertz CT molecular complexity index is 798. The minimum atomic E-state index is -0.395. The van der Waals surface area contributed by atoms with Gasteiger partial charge < -0.3 is 4.74 Å². The van der Waals surface area contributed by atoms with E-state index >= 15 is 0 Å². The molecule has 22 heavy (non-hydrogen) atoms. The van der Waals surface area contributed by atoms with E-state index in [1.807, 2.05) is 45.0 Å². The first kappa shape index (κ1) is 16.1. The van der Waals surface area contributed by atoms with Crippen LogP contribution in [-0.4, -0.2) is 28.2 Å². The summed E-state index contributed by atoms with van der Waals surface area (Å²) in [6.45, 7) is 5.72. The second-order valence-corrected chi connectivity index (χ2v) is 6.15. The average molecular weight is 318 g/mol. The summed E-state index contributed by atoms with van der Waals surface area (Å²) >= 11 is 5.09. The van der Waals surface area contributed by atoms with Crippen molar-refractivity contribution in [2.75, 3.05) is 7.11 Å². The molecule has 0 bridgehead atoms. The van der Waals surface area contributed by atoms with Gasteiger partial charge in [0.1, 0.15) is 11.4 Å². The molecule has 1 aromatic heterocycles. The van der Waals surface area contributed by atoms with E-state index in [0.29, 0.717) is 5.69 Å². The van der Waals surface area contributed by atoms with Crippen LogP contribution in [0.2, 0.25) is 0 Å². The van der Waals surface area contributed by atoms with Crippen molar-refractivity contribution < 1.29 is 4.74 Å². The molecule has 0 radical (unpaired) electrons. The maximum Gasteiger partial charge on any atom is 0.297 e. The van der Waals surface area contributed by atoms with Gasteiger partial charge in [-0.2, -0.15) is 14.9 Å². The molecule has 0 aliphatic carbocycles. The molecular weight excluding hydrogens is 300 g/mol. The first-order chi connectivity index (χ1) is 10.3. The number of aromatic nitrogens is 3. The number of nitrogens with one attached hydrogen (secondary N) is 1. The van der Waals surface area contributed by atoms with E-state index in [2.05, 4.69) is 15.3 Å². The highest BCUT2D eigenvalue weighted by molar-refractivity contribution is 7.71. The highest BCUT2D eigenvalue weighted by Crippen LogP contribution is 2.15. The Hall–Kier alpha value is -2.28. The van der Waals surface area contributed by atoms with Gasteiger partial charge in [0.25, 0.3) is 5.56 Å². The SMILES string of the molecule is COc1ccc(C=Nn2c(=S)[nH]nc(C(C)(C)C)c2=O)cc1. The molecule has 7 heteroatoms. The number of ether oxygens (including phenoxy) is 1. The molecule has 0 amide bonds. The van der Waals surface area contributed by atoms with Crippen LogP contribution in [0.1, 0.15) is 32.0 Å². The van der Waals surface area contributed by atoms with Gasteiger partial charge in [-0.15, -0.1) is 0 Å². The number of hydrogen-bond acceptors (Lipinski definition) is 5. The number of benzene rings is 1. The quantitative estimate of drug-likeness (QED) is 0.697. The molecule has 0 spiro atoms. The fourth-order valence-corrected chi connectivity index (χ4v) is 1.97. The molecule has 2 aromatic rings. The number of H-pyrrole nitrogens is 1. The minimum absolute atomic E-state index is 0.155. The lowest BCUT2D eigenvalue weighted by atomic mass is 9.93. The summed E-state index contributed by atoms with van der Waals surface area (Å²) in [7, 11) is 1.60. The van der Waals surface area contributed by atoms with E-state index in [-0.39, 0.29) is 10.3 Å². The predicted molar refractivity (Wildman–Crippen MR) is 88.4 cm³/mol. The first-order valence-corrected chi connectivity index (χ1v) is 7.14. The van der Waals surface area contributed by atoms with Crippen molar-refractivity contribution in [1.29, 1.82) is 0 Å². The van der Waals surface area contributed by atoms with Crippen LogP contribution < -0.4 is 10.3 Å². The number of nitrogens with zero attached hydrogens (tertiary/aromatic N) is 3. The van der Waals surface area contributed by atoms with Crippen LogP contribution in [0.5, 0.6) is 5.75 Å². The Morgan fingerprint density at radius 3 is 2.50 bits per heavy atom. The molecule has 0 aliphatic rings. The molecular formula is C15H18N4O2S. The first-order valence-electron chi connectivity index (χ1n) is 6.73. The summed E-state index contributed by atoms with van der Waals surface area (Å²) < 4.78 is 6.40. The van der Waals surface area contributed by atoms with Crippen LogP contribution >= 0.6 is 12.2 Å². The van der Waals surface area contributed by atoms with Gasteiger partial charge >= 0.3 is 0 Å². The van der Waals surface area contributed by atoms with E-state index in [1.54, 1.807) is 13.3 Å². The molecule has 1 heterocycles. The van der Waals surface area contributed by atoms with Gasteiger partial charge in [-0.1, -0.05) is 20.8 Å². The monoisotopic (exact) mass is 318 g/mol. The smallest absolute Gasteiger partial charge is 0.297 e. The second kappa shape index (κ2) is 6.23. The highest BCUT2D eigenvalue weighted by atomic mass is 32.1. The van der Waals surface area contributed by atoms with Gasteiger partial charge in [0.15, 0.2) is 0 Å². The Balaban J connectivity index is 2.42. The maximum absolute atomic E-state index is 12.4. The lowest BCUT2D eigenvalue weighted by Crippen LogP contribution is -2.32. The summed E-state index contributed by atoms with van der Waals surface area (Å²) in [5.41, 5.74) is 0.499. The molecule has 0 atom stereocenters. The van der Waals surface area contributed by atoms with E-state index < -0.39 is 5.41 Å². The van der Waals surface area contributed by atoms with Gasteiger partial charge in [-0.25, -0.2) is 0 Å². The van der Waals surface area contributed by atoms with Crippen molar-refractivity contribution in [3.8, 4) is 5.75 Å². The number of hydrogen-bond donors (Lipinski definition) is 1. The second-order valence-electron chi connectivity index (χ2n) is 5.76. The largest absolute Gasteiger partial charge is 0.497 e. The van der Waals surface area contributed by atoms with Gasteiger partial charge in [0.05, 0.1) is 13.3 Å². The Morgan fingerprint density at radius 1 is 1.32 bits per heavy atom. The zero-order valence-electron chi connectivity index (χ0n) is 13.0. The lowest BCUT2D eigenvalue weighted by molar-refractivity contribution is 0.415. The molecule has 0 aliphatic heterocycles. The number of methoxy groups -OCH3 is 1. The predicted octanol–water partition coefficient (Wildman–Crippen LogP) is 2.49. The van der Waals surface area contributed by atoms with Crippen LogP contribution in [-0.2, 0) is 5.41 Å². The average Bonchev–Trinajstić information content (AvgIpc) is 2.46. The number of aromatic amines is 1. The van der Waals surface area contributed by atoms with Gasteiger partial charge in [0.2, 0.25) is 4.77 Å². The Morgan fingerprint density at radius 2 is 1.95 bits per heavy atom. The van der Waals surface area contributed by atoms with E-state index in [4.69, 9.17) is 17.0 Å². The van der Waals surface area contributed by atoms with Crippen molar-refractivity contribution in [2.24, 2.45) is 5.10 Å². The molecule has 1 aromatic carbocycles. The molecule has 0 saturated carbocycles. The standard InChI is InChI=1S/C15H18N4O2S/c1-15(2,3)12-13(20)19(14(22)18-17-12)16-9-10-5-7-11(21-4)8-6-10/h5-9H,1-4H3,(H,18,22). The van der Waals surface area contributed by atoms with Crippen molar-refractivity contribution >= 4 is 18.4 Å². The van der Waals surface area contributed by atoms with Crippen LogP contribution in [0.15, 0.2) is 34.2 Å². The summed E-state index contributed by atoms with van der Waals surface area (Å²) in [5.74, 6) is 0.755. The van der Waals surface area contributed by atoms with Crippen LogP contribution in [0.25, 0.3) is 0 Å². The van der Waals surface area contributed by atoms with Crippen molar-refractivity contribution in [2.45, 2.75) is 26.2 Å². The molecule has 0 saturated heterocycles. The summed E-state index contributed by atoms with van der Waals surface area (Å²) in [4.78, 5) is 12.4. The van der Waals surface area contributed by atoms with Crippen LogP contribution in [0.3, 0.4) is 0 Å². The zero-order valence-corrected chi connectivity index (χ0v) is 13.8. The normalized spacial score (nSPS) is 11.8. The fourth-order valence-electron chi connectivity index (χ4n) is 1.80. The molecule has 0 fully saturated rings. The Kier molecular flexibility index (Phi) is 4.56. The van der Waals surface area contributed by atoms with Crippen molar-refractivity contribution in [1.82, 2.24) is 14.9 Å². The Labute approximate surface area is 133 Å². The lowest BCUT2D eigenvalue weighted by Gasteiger charge is -2.16. The van der Waals surface area contributed by atoms with Crippen LogP contribution in [0, 0.1) is 4.77 Å². The fraction of sp³-hybridized carbons (Fsp3) is 0.333. The van der Waals surface area contributed by atoms with Gasteiger partial charge in [-0.3, -0.25) is 9.89 Å². The third-order valence-corrected chi connectivity index (χ3v) is 3.26. The molecule has 0 unspecified atom stereocenters. The maximum atomic E-state index is 12.4. The minimum Gasteiger partial charge on any atom is -0.497 e. The zero-order chi connectivity index (χ0) is 16.3. The summed E-state index contributed by atoms with van der Waals surface area (Å²) in [5, 5.41) is 10.9. The number of rotatable bonds is 3. The van der Waals surface area contributed by atoms with Gasteiger partial charge in [0, 0.05) is 5.41 Å². The van der Waals surface area contributed by atoms with E-state index in [1.165, 1.54) is 0 Å². The topological polar surface area (TPSA) is 72.3 Å². The van der Waals surface area contributed by atoms with Crippen molar-refractivity contribution in [3.63, 3.8) is 0 Å². The molecule has 6 nitrogen and oxygen atoms in total. The third kappa shape index (κ3) is 3.48. The third-order valence-electron chi connectivity index (χ3n) is 3.00. The van der Waals surface area contributed by atoms with E-state index in [0.717, 1.165) is 16.0 Å². The molecule has 2 rings (SSSR count). The highest BCUT2D eigenvalue weighted by Gasteiger charge is 2.21. The molecule has 116 valence electrons. The van der Waals surface area contributed by atoms with Crippen molar-refractivity contribution in [3.05, 3.63) is 50.6 Å². The summed E-state index contributed by atoms with van der Waals surface area (Å²) in [6.07, 6.45) is 1.57. The summed E-state index contributed by atoms with van der Waals surface area (Å²) in [6, 6.07) is 7.31. The van der Waals surface area contributed by atoms with Gasteiger partial charge in [-0.05, 0) is 42.0 Å². The van der Waals surface area contributed by atoms with Crippen LogP contribution in [0.4, 0.5) is 0 Å². The van der Waals surface area contributed by atoms with E-state index in [9.17, 15) is 4.79 Å². The molecule has 1 N–H and O–H groups in total.